The molecule has 9 heteroatoms. The third-order valence-electron chi connectivity index (χ3n) is 6.58. The van der Waals surface area contributed by atoms with Gasteiger partial charge in [0.05, 0.1) is 23.4 Å². The van der Waals surface area contributed by atoms with Gasteiger partial charge in [0, 0.05) is 11.1 Å². The molecule has 2 N–H and O–H groups in total. The van der Waals surface area contributed by atoms with Gasteiger partial charge in [-0.25, -0.2) is 4.98 Å². The fraction of sp³-hybridized carbons (Fsp3) is 0.258. The van der Waals surface area contributed by atoms with Crippen molar-refractivity contribution in [2.24, 2.45) is 0 Å². The third-order valence-corrected chi connectivity index (χ3v) is 6.58. The second kappa shape index (κ2) is 12.7. The summed E-state index contributed by atoms with van der Waals surface area (Å²) >= 11 is 0. The van der Waals surface area contributed by atoms with E-state index in [2.05, 4.69) is 10.3 Å². The van der Waals surface area contributed by atoms with Crippen LogP contribution >= 0.6 is 0 Å². The van der Waals surface area contributed by atoms with Crippen LogP contribution < -0.4 is 5.32 Å². The number of aliphatic hydroxyl groups excluding tert-OH is 1. The molecule has 1 aromatic heterocycles. The maximum Gasteiger partial charge on any atom is 0.433 e. The molecule has 40 heavy (non-hydrogen) atoms. The van der Waals surface area contributed by atoms with Crippen LogP contribution in [-0.2, 0) is 12.4 Å². The lowest BCUT2D eigenvalue weighted by atomic mass is 9.98. The number of nitrogens with zero attached hydrogens (tertiary/aromatic N) is 1. The number of hydrogen-bond acceptors (Lipinski definition) is 3. The summed E-state index contributed by atoms with van der Waals surface area (Å²) in [6.07, 6.45) is -9.64. The quantitative estimate of drug-likeness (QED) is 0.152. The number of nitrogens with one attached hydrogen (secondary N) is 1. The first kappa shape index (κ1) is 29.3. The number of rotatable bonds is 10. The summed E-state index contributed by atoms with van der Waals surface area (Å²) in [6.45, 7) is 0.582. The van der Waals surface area contributed by atoms with Crippen molar-refractivity contribution in [2.75, 3.05) is 6.54 Å². The van der Waals surface area contributed by atoms with E-state index in [9.17, 15) is 31.4 Å². The van der Waals surface area contributed by atoms with E-state index in [1.54, 1.807) is 0 Å². The molecule has 0 saturated heterocycles. The summed E-state index contributed by atoms with van der Waals surface area (Å²) in [4.78, 5) is 3.68. The van der Waals surface area contributed by atoms with Gasteiger partial charge in [-0.05, 0) is 55.1 Å². The van der Waals surface area contributed by atoms with E-state index >= 15 is 0 Å². The Morgan fingerprint density at radius 2 is 1.25 bits per heavy atom. The van der Waals surface area contributed by atoms with Gasteiger partial charge in [-0.1, -0.05) is 78.9 Å². The molecule has 4 rings (SSSR count). The Bertz CT molecular complexity index is 1320. The van der Waals surface area contributed by atoms with E-state index in [4.69, 9.17) is 0 Å². The average molecular weight is 559 g/mol. The zero-order valence-electron chi connectivity index (χ0n) is 21.4. The van der Waals surface area contributed by atoms with Crippen LogP contribution in [0, 0.1) is 0 Å². The highest BCUT2D eigenvalue weighted by atomic mass is 19.4. The highest BCUT2D eigenvalue weighted by Gasteiger charge is 2.37. The number of halogens is 6. The molecule has 0 spiro atoms. The minimum absolute atomic E-state index is 0.0499. The average Bonchev–Trinajstić information content (AvgIpc) is 2.94. The Kier molecular flexibility index (Phi) is 9.27. The van der Waals surface area contributed by atoms with Gasteiger partial charge in [0.1, 0.15) is 0 Å². The fourth-order valence-electron chi connectivity index (χ4n) is 4.54. The highest BCUT2D eigenvalue weighted by molar-refractivity contribution is 5.60. The largest absolute Gasteiger partial charge is 0.433 e. The van der Waals surface area contributed by atoms with Gasteiger partial charge in [0.15, 0.2) is 5.69 Å². The lowest BCUT2D eigenvalue weighted by molar-refractivity contribution is -0.142. The molecule has 0 fully saturated rings. The first-order chi connectivity index (χ1) is 19.0. The molecular formula is C31H28F6N2O. The number of aliphatic hydroxyl groups is 1. The van der Waals surface area contributed by atoms with Crippen LogP contribution in [0.4, 0.5) is 26.3 Å². The molecule has 0 saturated carbocycles. The third kappa shape index (κ3) is 7.49. The monoisotopic (exact) mass is 558 g/mol. The van der Waals surface area contributed by atoms with Crippen molar-refractivity contribution in [2.45, 2.75) is 43.8 Å². The first-order valence-electron chi connectivity index (χ1n) is 12.8. The van der Waals surface area contributed by atoms with Crippen LogP contribution in [0.3, 0.4) is 0 Å². The van der Waals surface area contributed by atoms with Crippen LogP contribution in [0.1, 0.15) is 59.4 Å². The molecule has 0 aliphatic heterocycles. The van der Waals surface area contributed by atoms with E-state index in [1.807, 2.05) is 60.7 Å². The Balaban J connectivity index is 1.40. The Labute approximate surface area is 228 Å². The summed E-state index contributed by atoms with van der Waals surface area (Å²) in [6, 6.07) is 25.9. The Hall–Kier alpha value is -3.69. The zero-order valence-corrected chi connectivity index (χ0v) is 21.4. The van der Waals surface area contributed by atoms with Gasteiger partial charge < -0.3 is 10.4 Å². The molecule has 0 aliphatic carbocycles. The van der Waals surface area contributed by atoms with Gasteiger partial charge in [-0.2, -0.15) is 26.3 Å². The highest BCUT2D eigenvalue weighted by Crippen LogP contribution is 2.37. The van der Waals surface area contributed by atoms with Crippen molar-refractivity contribution in [3.63, 3.8) is 0 Å². The van der Waals surface area contributed by atoms with E-state index in [0.717, 1.165) is 41.5 Å². The number of aromatic nitrogens is 1. The van der Waals surface area contributed by atoms with Crippen molar-refractivity contribution >= 4 is 0 Å². The van der Waals surface area contributed by atoms with Crippen molar-refractivity contribution in [3.8, 4) is 11.3 Å². The van der Waals surface area contributed by atoms with Gasteiger partial charge >= 0.3 is 12.4 Å². The van der Waals surface area contributed by atoms with Gasteiger partial charge in [-0.3, -0.25) is 0 Å². The second-order valence-corrected chi connectivity index (χ2v) is 9.43. The number of hydrogen-bond donors (Lipinski definition) is 2. The standard InChI is InChI=1S/C31H28F6N2O/c32-30(33,34)24-16-14-21(15-17-24)26-19-18-25(29(39-26)31(35,36)37)27(40)13-7-8-20-38-28(22-9-3-1-4-10-22)23-11-5-2-6-12-23/h1-6,9-12,14-19,27-28,38,40H,7-8,13,20H2/t27-/m1/s1. The topological polar surface area (TPSA) is 45.1 Å². The molecule has 0 radical (unpaired) electrons. The molecule has 210 valence electrons. The minimum Gasteiger partial charge on any atom is -0.388 e. The molecule has 0 unspecified atom stereocenters. The SMILES string of the molecule is O[C@H](CCCCNC(c1ccccc1)c1ccccc1)c1ccc(-c2ccc(C(F)(F)F)cc2)nc1C(F)(F)F. The molecule has 0 amide bonds. The molecular weight excluding hydrogens is 530 g/mol. The summed E-state index contributed by atoms with van der Waals surface area (Å²) in [5.74, 6) is 0. The fourth-order valence-corrected chi connectivity index (χ4v) is 4.54. The van der Waals surface area contributed by atoms with Crippen molar-refractivity contribution in [1.82, 2.24) is 10.3 Å². The van der Waals surface area contributed by atoms with Crippen molar-refractivity contribution < 1.29 is 31.4 Å². The molecule has 4 aromatic rings. The maximum absolute atomic E-state index is 13.8. The normalized spacial score (nSPS) is 13.0. The number of unbranched alkanes of at least 4 members (excludes halogenated alkanes) is 1. The Morgan fingerprint density at radius 1 is 0.675 bits per heavy atom. The van der Waals surface area contributed by atoms with Crippen molar-refractivity contribution in [1.29, 1.82) is 0 Å². The molecule has 3 nitrogen and oxygen atoms in total. The minimum atomic E-state index is -4.85. The van der Waals surface area contributed by atoms with Gasteiger partial charge in [-0.15, -0.1) is 0 Å². The summed E-state index contributed by atoms with van der Waals surface area (Å²) in [5, 5.41) is 14.1. The first-order valence-corrected chi connectivity index (χ1v) is 12.8. The Morgan fingerprint density at radius 3 is 1.77 bits per heavy atom. The van der Waals surface area contributed by atoms with Crippen molar-refractivity contribution in [3.05, 3.63) is 125 Å². The number of alkyl halides is 6. The van der Waals surface area contributed by atoms with Crippen LogP contribution in [-0.4, -0.2) is 16.6 Å². The molecule has 1 heterocycles. The predicted octanol–water partition coefficient (Wildman–Crippen LogP) is 8.37. The maximum atomic E-state index is 13.8. The van der Waals surface area contributed by atoms with Crippen LogP contribution in [0.5, 0.6) is 0 Å². The lowest BCUT2D eigenvalue weighted by Gasteiger charge is -2.20. The van der Waals surface area contributed by atoms with Gasteiger partial charge in [0.2, 0.25) is 0 Å². The number of pyridine rings is 1. The molecule has 3 aromatic carbocycles. The smallest absolute Gasteiger partial charge is 0.388 e. The molecule has 0 bridgehead atoms. The van der Waals surface area contributed by atoms with Crippen LogP contribution in [0.2, 0.25) is 0 Å². The van der Waals surface area contributed by atoms with E-state index in [1.165, 1.54) is 6.07 Å². The summed E-state index contributed by atoms with van der Waals surface area (Å²) < 4.78 is 80.0. The molecule has 1 atom stereocenters. The summed E-state index contributed by atoms with van der Waals surface area (Å²) in [5.41, 5.74) is -0.365. The van der Waals surface area contributed by atoms with E-state index < -0.39 is 29.7 Å². The van der Waals surface area contributed by atoms with Gasteiger partial charge in [0.25, 0.3) is 0 Å². The number of benzene rings is 3. The zero-order chi connectivity index (χ0) is 28.8. The van der Waals surface area contributed by atoms with E-state index in [-0.39, 0.29) is 29.3 Å². The second-order valence-electron chi connectivity index (χ2n) is 9.43. The van der Waals surface area contributed by atoms with Crippen LogP contribution in [0.25, 0.3) is 11.3 Å². The summed E-state index contributed by atoms with van der Waals surface area (Å²) in [7, 11) is 0. The lowest BCUT2D eigenvalue weighted by Crippen LogP contribution is -2.23. The van der Waals surface area contributed by atoms with Crippen LogP contribution in [0.15, 0.2) is 97.1 Å². The molecule has 0 aliphatic rings. The van der Waals surface area contributed by atoms with E-state index in [0.29, 0.717) is 19.4 Å². The predicted molar refractivity (Wildman–Crippen MR) is 141 cm³/mol.